The molecule has 2 N–H and O–H groups in total. The van der Waals surface area contributed by atoms with Crippen molar-refractivity contribution in [3.8, 4) is 17.2 Å². The largest absolute Gasteiger partial charge is 0.495 e. The van der Waals surface area contributed by atoms with E-state index in [1.807, 2.05) is 0 Å². The number of amides is 1. The highest BCUT2D eigenvalue weighted by Gasteiger charge is 2.18. The van der Waals surface area contributed by atoms with Crippen LogP contribution in [0.5, 0.6) is 17.2 Å². The van der Waals surface area contributed by atoms with E-state index in [0.717, 1.165) is 6.08 Å². The summed E-state index contributed by atoms with van der Waals surface area (Å²) in [5, 5.41) is 11.6. The SMILES string of the molecule is CCOc1cc(C=CC(=O)O)c(Br)c(Br)c1OCC(=O)Nc1ccccc1OC. The van der Waals surface area contributed by atoms with E-state index in [1.54, 1.807) is 37.3 Å². The Balaban J connectivity index is 2.21. The van der Waals surface area contributed by atoms with Crippen molar-refractivity contribution in [3.05, 3.63) is 50.9 Å². The molecule has 0 bridgehead atoms. The van der Waals surface area contributed by atoms with Crippen LogP contribution in [0.4, 0.5) is 5.69 Å². The molecule has 0 saturated carbocycles. The minimum atomic E-state index is -1.07. The molecule has 0 heterocycles. The number of carboxylic acid groups (broad SMARTS) is 1. The van der Waals surface area contributed by atoms with E-state index in [-0.39, 0.29) is 12.5 Å². The Morgan fingerprint density at radius 2 is 1.86 bits per heavy atom. The number of ether oxygens (including phenoxy) is 3. The first-order chi connectivity index (χ1) is 13.9. The lowest BCUT2D eigenvalue weighted by atomic mass is 10.2. The molecule has 154 valence electrons. The Morgan fingerprint density at radius 3 is 2.52 bits per heavy atom. The van der Waals surface area contributed by atoms with Crippen molar-refractivity contribution in [1.82, 2.24) is 0 Å². The van der Waals surface area contributed by atoms with Gasteiger partial charge in [-0.3, -0.25) is 4.79 Å². The van der Waals surface area contributed by atoms with E-state index in [2.05, 4.69) is 37.2 Å². The van der Waals surface area contributed by atoms with Gasteiger partial charge in [0, 0.05) is 10.5 Å². The Hall–Kier alpha value is -2.52. The lowest BCUT2D eigenvalue weighted by Crippen LogP contribution is -2.21. The molecule has 9 heteroatoms. The number of para-hydroxylation sites is 2. The molecule has 0 saturated heterocycles. The lowest BCUT2D eigenvalue weighted by molar-refractivity contribution is -0.131. The zero-order valence-electron chi connectivity index (χ0n) is 15.7. The van der Waals surface area contributed by atoms with Crippen molar-refractivity contribution < 1.29 is 28.9 Å². The summed E-state index contributed by atoms with van der Waals surface area (Å²) in [6.45, 7) is 1.90. The normalized spacial score (nSPS) is 10.6. The van der Waals surface area contributed by atoms with Gasteiger partial charge in [0.05, 0.1) is 23.9 Å². The molecule has 1 amide bonds. The van der Waals surface area contributed by atoms with E-state index in [0.29, 0.717) is 44.1 Å². The van der Waals surface area contributed by atoms with Gasteiger partial charge in [-0.2, -0.15) is 0 Å². The summed E-state index contributed by atoms with van der Waals surface area (Å²) in [5.41, 5.74) is 1.11. The van der Waals surface area contributed by atoms with Crippen LogP contribution in [-0.2, 0) is 9.59 Å². The topological polar surface area (TPSA) is 94.1 Å². The minimum absolute atomic E-state index is 0.270. The molecule has 0 spiro atoms. The van der Waals surface area contributed by atoms with Crippen LogP contribution in [0.1, 0.15) is 12.5 Å². The number of aliphatic carboxylic acids is 1. The average molecular weight is 529 g/mol. The Morgan fingerprint density at radius 1 is 1.14 bits per heavy atom. The van der Waals surface area contributed by atoms with Crippen molar-refractivity contribution in [2.24, 2.45) is 0 Å². The van der Waals surface area contributed by atoms with E-state index in [1.165, 1.54) is 13.2 Å². The highest BCUT2D eigenvalue weighted by molar-refractivity contribution is 9.13. The second kappa shape index (κ2) is 10.9. The molecule has 0 aliphatic rings. The summed E-state index contributed by atoms with van der Waals surface area (Å²) in [5.74, 6) is -0.220. The number of hydrogen-bond acceptors (Lipinski definition) is 5. The van der Waals surface area contributed by atoms with Crippen molar-refractivity contribution >= 4 is 55.5 Å². The monoisotopic (exact) mass is 527 g/mol. The third-order valence-corrected chi connectivity index (χ3v) is 5.73. The molecule has 0 radical (unpaired) electrons. The lowest BCUT2D eigenvalue weighted by Gasteiger charge is -2.16. The zero-order chi connectivity index (χ0) is 21.4. The first kappa shape index (κ1) is 22.8. The zero-order valence-corrected chi connectivity index (χ0v) is 18.9. The van der Waals surface area contributed by atoms with Crippen molar-refractivity contribution in [2.75, 3.05) is 25.6 Å². The maximum atomic E-state index is 12.3. The van der Waals surface area contributed by atoms with Gasteiger partial charge < -0.3 is 24.6 Å². The van der Waals surface area contributed by atoms with Gasteiger partial charge in [-0.05, 0) is 68.6 Å². The van der Waals surface area contributed by atoms with Crippen LogP contribution in [0.3, 0.4) is 0 Å². The number of rotatable bonds is 9. The van der Waals surface area contributed by atoms with Gasteiger partial charge in [0.1, 0.15) is 5.75 Å². The number of carbonyl (C=O) groups excluding carboxylic acids is 1. The van der Waals surface area contributed by atoms with E-state index >= 15 is 0 Å². The average Bonchev–Trinajstić information content (AvgIpc) is 2.69. The van der Waals surface area contributed by atoms with Gasteiger partial charge in [-0.25, -0.2) is 4.79 Å². The second-order valence-electron chi connectivity index (χ2n) is 5.56. The molecule has 0 atom stereocenters. The number of halogens is 2. The van der Waals surface area contributed by atoms with Gasteiger partial charge >= 0.3 is 5.97 Å². The molecule has 2 aromatic rings. The quantitative estimate of drug-likeness (QED) is 0.457. The van der Waals surface area contributed by atoms with E-state index in [9.17, 15) is 9.59 Å². The van der Waals surface area contributed by atoms with Gasteiger partial charge in [0.15, 0.2) is 18.1 Å². The Labute approximate surface area is 184 Å². The summed E-state index contributed by atoms with van der Waals surface area (Å²) >= 11 is 6.82. The maximum Gasteiger partial charge on any atom is 0.328 e. The number of nitrogens with one attached hydrogen (secondary N) is 1. The molecular formula is C20H19Br2NO6. The maximum absolute atomic E-state index is 12.3. The molecule has 0 aromatic heterocycles. The van der Waals surface area contributed by atoms with Gasteiger partial charge in [-0.15, -0.1) is 0 Å². The Bertz CT molecular complexity index is 929. The molecule has 2 aromatic carbocycles. The predicted octanol–water partition coefficient (Wildman–Crippen LogP) is 4.73. The van der Waals surface area contributed by atoms with Crippen LogP contribution in [0, 0.1) is 0 Å². The number of benzene rings is 2. The molecule has 7 nitrogen and oxygen atoms in total. The van der Waals surface area contributed by atoms with Crippen molar-refractivity contribution in [2.45, 2.75) is 6.92 Å². The molecule has 0 aliphatic heterocycles. The van der Waals surface area contributed by atoms with Crippen LogP contribution in [-0.4, -0.2) is 37.3 Å². The summed E-state index contributed by atoms with van der Waals surface area (Å²) in [7, 11) is 1.52. The minimum Gasteiger partial charge on any atom is -0.495 e. The second-order valence-corrected chi connectivity index (χ2v) is 7.15. The summed E-state index contributed by atoms with van der Waals surface area (Å²) in [6.07, 6.45) is 2.45. The third kappa shape index (κ3) is 6.23. The highest BCUT2D eigenvalue weighted by atomic mass is 79.9. The molecule has 0 fully saturated rings. The molecule has 2 rings (SSSR count). The fraction of sp³-hybridized carbons (Fsp3) is 0.200. The number of carbonyl (C=O) groups is 2. The van der Waals surface area contributed by atoms with Gasteiger partial charge in [-0.1, -0.05) is 12.1 Å². The number of carboxylic acids is 1. The number of methoxy groups -OCH3 is 1. The van der Waals surface area contributed by atoms with Gasteiger partial charge in [0.2, 0.25) is 0 Å². The molecular weight excluding hydrogens is 510 g/mol. The Kier molecular flexibility index (Phi) is 8.53. The van der Waals surface area contributed by atoms with Crippen LogP contribution in [0.15, 0.2) is 45.4 Å². The fourth-order valence-corrected chi connectivity index (χ4v) is 3.32. The third-order valence-electron chi connectivity index (χ3n) is 3.59. The van der Waals surface area contributed by atoms with Crippen molar-refractivity contribution in [1.29, 1.82) is 0 Å². The van der Waals surface area contributed by atoms with Crippen LogP contribution >= 0.6 is 31.9 Å². The molecule has 29 heavy (non-hydrogen) atoms. The highest BCUT2D eigenvalue weighted by Crippen LogP contribution is 2.43. The van der Waals surface area contributed by atoms with Crippen LogP contribution in [0.2, 0.25) is 0 Å². The molecule has 0 unspecified atom stereocenters. The first-order valence-electron chi connectivity index (χ1n) is 8.48. The number of hydrogen-bond donors (Lipinski definition) is 2. The smallest absolute Gasteiger partial charge is 0.328 e. The van der Waals surface area contributed by atoms with E-state index < -0.39 is 5.97 Å². The summed E-state index contributed by atoms with van der Waals surface area (Å²) < 4.78 is 17.6. The predicted molar refractivity (Wildman–Crippen MR) is 117 cm³/mol. The molecule has 0 aliphatic carbocycles. The van der Waals surface area contributed by atoms with Gasteiger partial charge in [0.25, 0.3) is 5.91 Å². The number of anilines is 1. The summed E-state index contributed by atoms with van der Waals surface area (Å²) in [6, 6.07) is 8.67. The van der Waals surface area contributed by atoms with E-state index in [4.69, 9.17) is 19.3 Å². The fourth-order valence-electron chi connectivity index (χ4n) is 2.36. The van der Waals surface area contributed by atoms with Crippen LogP contribution < -0.4 is 19.5 Å². The summed E-state index contributed by atoms with van der Waals surface area (Å²) in [4.78, 5) is 23.1. The van der Waals surface area contributed by atoms with Crippen LogP contribution in [0.25, 0.3) is 6.08 Å². The first-order valence-corrected chi connectivity index (χ1v) is 10.1. The standard InChI is InChI=1S/C20H19Br2NO6/c1-3-28-15-10-12(8-9-17(25)26)18(21)19(22)20(15)29-11-16(24)23-13-6-4-5-7-14(13)27-2/h4-10H,3,11H2,1-2H3,(H,23,24)(H,25,26). The van der Waals surface area contributed by atoms with Crippen molar-refractivity contribution in [3.63, 3.8) is 0 Å².